The zero-order chi connectivity index (χ0) is 14.5. The Labute approximate surface area is 143 Å². The van der Waals surface area contributed by atoms with E-state index in [4.69, 9.17) is 7.80 Å². The highest BCUT2D eigenvalue weighted by Gasteiger charge is 2.11. The van der Waals surface area contributed by atoms with E-state index in [1.165, 1.54) is 6.07 Å². The predicted molar refractivity (Wildman–Crippen MR) is 90.8 cm³/mol. The van der Waals surface area contributed by atoms with Crippen molar-refractivity contribution >= 4 is 55.4 Å². The summed E-state index contributed by atoms with van der Waals surface area (Å²) < 4.78 is 10.1. The molecule has 0 aromatic heterocycles. The lowest BCUT2D eigenvalue weighted by atomic mass is 10.1. The van der Waals surface area contributed by atoms with Gasteiger partial charge in [0.05, 0.1) is 5.56 Å². The molecule has 0 saturated heterocycles. The summed E-state index contributed by atoms with van der Waals surface area (Å²) in [6.45, 7) is 0. The molecule has 0 fully saturated rings. The summed E-state index contributed by atoms with van der Waals surface area (Å²) in [6.07, 6.45) is 0. The molecule has 0 bridgehead atoms. The van der Waals surface area contributed by atoms with Crippen LogP contribution in [0.25, 0.3) is 0 Å². The maximum Gasteiger partial charge on any atom is 0.343 e. The van der Waals surface area contributed by atoms with Crippen LogP contribution in [0.1, 0.15) is 20.7 Å². The predicted octanol–water partition coefficient (Wildman–Crippen LogP) is 4.21. The lowest BCUT2D eigenvalue weighted by Gasteiger charge is -2.06. The number of carbonyl (C=O) groups excluding carboxylic acids is 2. The molecule has 0 unspecified atom stereocenters. The monoisotopic (exact) mass is 494 g/mol. The van der Waals surface area contributed by atoms with E-state index in [0.717, 1.165) is 0 Å². The molecular formula is C14H8I2O4. The van der Waals surface area contributed by atoms with Crippen LogP contribution in [0.5, 0.6) is 11.5 Å². The lowest BCUT2D eigenvalue weighted by molar-refractivity contribution is 0.0734. The van der Waals surface area contributed by atoms with Crippen LogP contribution in [-0.2, 0) is 0 Å². The summed E-state index contributed by atoms with van der Waals surface area (Å²) >= 11 is 3.42. The molecule has 0 saturated carbocycles. The molecule has 0 N–H and O–H groups in total. The van der Waals surface area contributed by atoms with Crippen LogP contribution in [0.4, 0.5) is 0 Å². The molecule has 0 atom stereocenters. The Kier molecular flexibility index (Phi) is 5.35. The molecule has 0 radical (unpaired) electrons. The maximum atomic E-state index is 12.0. The molecular weight excluding hydrogens is 486 g/mol. The molecule has 0 aliphatic carbocycles. The van der Waals surface area contributed by atoms with Crippen molar-refractivity contribution in [3.63, 3.8) is 0 Å². The molecule has 2 aromatic rings. The van der Waals surface area contributed by atoms with Gasteiger partial charge in [0, 0.05) is 34.2 Å². The van der Waals surface area contributed by atoms with E-state index in [1.54, 1.807) is 88.1 Å². The Balaban J connectivity index is 2.19. The van der Waals surface area contributed by atoms with Gasteiger partial charge in [0.25, 0.3) is 0 Å². The van der Waals surface area contributed by atoms with Crippen molar-refractivity contribution in [1.82, 2.24) is 0 Å². The minimum absolute atomic E-state index is 0.127. The highest BCUT2D eigenvalue weighted by atomic mass is 127. The van der Waals surface area contributed by atoms with Crippen molar-refractivity contribution in [3.05, 3.63) is 59.7 Å². The maximum absolute atomic E-state index is 12.0. The summed E-state index contributed by atoms with van der Waals surface area (Å²) in [5, 5.41) is 0. The topological polar surface area (TPSA) is 52.6 Å². The summed E-state index contributed by atoms with van der Waals surface area (Å²) in [5.41, 5.74) is 0.790. The molecule has 102 valence electrons. The van der Waals surface area contributed by atoms with Crippen molar-refractivity contribution in [3.8, 4) is 11.5 Å². The molecule has 0 heterocycles. The van der Waals surface area contributed by atoms with Crippen LogP contribution in [0.3, 0.4) is 0 Å². The van der Waals surface area contributed by atoms with Crippen molar-refractivity contribution in [2.24, 2.45) is 0 Å². The van der Waals surface area contributed by atoms with Crippen LogP contribution in [0, 0.1) is 0 Å². The van der Waals surface area contributed by atoms with Crippen molar-refractivity contribution in [1.29, 1.82) is 0 Å². The van der Waals surface area contributed by atoms with Gasteiger partial charge >= 0.3 is 5.97 Å². The summed E-state index contributed by atoms with van der Waals surface area (Å²) in [4.78, 5) is 23.3. The van der Waals surface area contributed by atoms with Crippen molar-refractivity contribution in [2.45, 2.75) is 0 Å². The summed E-state index contributed by atoms with van der Waals surface area (Å²) in [7, 11) is 0. The number of benzene rings is 2. The van der Waals surface area contributed by atoms with Gasteiger partial charge in [-0.05, 0) is 24.3 Å². The summed E-state index contributed by atoms with van der Waals surface area (Å²) in [5.74, 6) is 0.456. The normalized spacial score (nSPS) is 9.90. The number of carbonyl (C=O) groups is 2. The molecule has 0 amide bonds. The zero-order valence-electron chi connectivity index (χ0n) is 10.0. The van der Waals surface area contributed by atoms with Gasteiger partial charge in [0.1, 0.15) is 11.5 Å². The van der Waals surface area contributed by atoms with Gasteiger partial charge in [-0.3, -0.25) is 4.79 Å². The van der Waals surface area contributed by atoms with E-state index in [9.17, 15) is 9.59 Å². The molecule has 6 heteroatoms. The van der Waals surface area contributed by atoms with Gasteiger partial charge < -0.3 is 7.80 Å². The van der Waals surface area contributed by atoms with Crippen LogP contribution in [0.2, 0.25) is 0 Å². The smallest absolute Gasteiger partial charge is 0.343 e. The number of ether oxygens (including phenoxy) is 1. The van der Waals surface area contributed by atoms with Crippen molar-refractivity contribution < 1.29 is 17.4 Å². The average molecular weight is 494 g/mol. The van der Waals surface area contributed by atoms with Gasteiger partial charge in [0.15, 0.2) is 23.0 Å². The van der Waals surface area contributed by atoms with E-state index in [2.05, 4.69) is 0 Å². The fourth-order valence-electron chi connectivity index (χ4n) is 1.52. The first-order chi connectivity index (χ1) is 9.60. The molecule has 0 spiro atoms. The Hall–Kier alpha value is -1.16. The fourth-order valence-corrected chi connectivity index (χ4v) is 2.13. The molecule has 0 aliphatic heterocycles. The van der Waals surface area contributed by atoms with Gasteiger partial charge in [-0.15, -0.1) is 0 Å². The Morgan fingerprint density at radius 1 is 0.900 bits per heavy atom. The van der Waals surface area contributed by atoms with E-state index in [1.807, 2.05) is 0 Å². The van der Waals surface area contributed by atoms with E-state index >= 15 is 0 Å². The third-order valence-electron chi connectivity index (χ3n) is 2.43. The minimum atomic E-state index is -0.518. The third-order valence-corrected chi connectivity index (χ3v) is 3.56. The number of halogens is 2. The molecule has 2 rings (SSSR count). The van der Waals surface area contributed by atoms with Crippen molar-refractivity contribution in [2.75, 3.05) is 0 Å². The van der Waals surface area contributed by atoms with Gasteiger partial charge in [-0.1, -0.05) is 18.2 Å². The number of rotatable bonds is 4. The molecule has 2 aromatic carbocycles. The van der Waals surface area contributed by atoms with Gasteiger partial charge in [0.2, 0.25) is 3.79 Å². The van der Waals surface area contributed by atoms with Crippen LogP contribution in [-0.4, -0.2) is 9.76 Å². The molecule has 20 heavy (non-hydrogen) atoms. The number of hydrogen-bond acceptors (Lipinski definition) is 4. The van der Waals surface area contributed by atoms with E-state index in [0.29, 0.717) is 22.6 Å². The second-order valence-electron chi connectivity index (χ2n) is 3.80. The SMILES string of the molecule is O=C(I)c1cccc(C(=O)Oc2cccc(OI)c2)c1. The number of esters is 1. The second kappa shape index (κ2) is 7.02. The minimum Gasteiger partial charge on any atom is -0.428 e. The van der Waals surface area contributed by atoms with Crippen LogP contribution >= 0.6 is 45.6 Å². The average Bonchev–Trinajstić information content (AvgIpc) is 2.47. The quantitative estimate of drug-likeness (QED) is 0.277. The van der Waals surface area contributed by atoms with Crippen LogP contribution < -0.4 is 7.80 Å². The van der Waals surface area contributed by atoms with E-state index in [-0.39, 0.29) is 3.79 Å². The Bertz CT molecular complexity index is 655. The standard InChI is InChI=1S/C14H8I2O4/c15-13(17)9-3-1-4-10(7-9)14(18)19-11-5-2-6-12(8-11)20-16/h1-8H. The zero-order valence-corrected chi connectivity index (χ0v) is 14.3. The molecule has 0 aliphatic rings. The Morgan fingerprint density at radius 3 is 2.25 bits per heavy atom. The highest BCUT2D eigenvalue weighted by molar-refractivity contribution is 14.1. The lowest BCUT2D eigenvalue weighted by Crippen LogP contribution is -2.09. The Morgan fingerprint density at radius 2 is 1.55 bits per heavy atom. The van der Waals surface area contributed by atoms with E-state index < -0.39 is 5.97 Å². The highest BCUT2D eigenvalue weighted by Crippen LogP contribution is 2.22. The first-order valence-corrected chi connectivity index (χ1v) is 7.47. The second-order valence-corrected chi connectivity index (χ2v) is 5.22. The summed E-state index contributed by atoms with van der Waals surface area (Å²) in [6, 6.07) is 13.1. The van der Waals surface area contributed by atoms with Gasteiger partial charge in [-0.2, -0.15) is 0 Å². The first-order valence-electron chi connectivity index (χ1n) is 5.51. The third kappa shape index (κ3) is 3.92. The van der Waals surface area contributed by atoms with Crippen LogP contribution in [0.15, 0.2) is 48.5 Å². The van der Waals surface area contributed by atoms with Gasteiger partial charge in [-0.25, -0.2) is 4.79 Å². The largest absolute Gasteiger partial charge is 0.428 e. The fraction of sp³-hybridized carbons (Fsp3) is 0. The first kappa shape index (κ1) is 15.2. The molecule has 4 nitrogen and oxygen atoms in total. The number of hydrogen-bond donors (Lipinski definition) is 0.